The number of rotatable bonds is 17. The number of ether oxygens (including phenoxy) is 1. The molecule has 0 spiro atoms. The Morgan fingerprint density at radius 2 is 1.81 bits per heavy atom. The van der Waals surface area contributed by atoms with Gasteiger partial charge in [-0.1, -0.05) is 26.8 Å². The first-order chi connectivity index (χ1) is 20.2. The number of aromatic nitrogens is 1. The van der Waals surface area contributed by atoms with E-state index in [1.165, 1.54) is 0 Å². The molecule has 43 heavy (non-hydrogen) atoms. The first-order valence-corrected chi connectivity index (χ1v) is 14.6. The summed E-state index contributed by atoms with van der Waals surface area (Å²) in [5.74, 6) is -1.45. The summed E-state index contributed by atoms with van der Waals surface area (Å²) >= 11 is 0. The van der Waals surface area contributed by atoms with Crippen LogP contribution in [0.5, 0.6) is 5.75 Å². The molecule has 2 rings (SSSR count). The first kappa shape index (κ1) is 35.1. The lowest BCUT2D eigenvalue weighted by Crippen LogP contribution is -2.48. The number of guanidine groups is 1. The highest BCUT2D eigenvalue weighted by molar-refractivity contribution is 5.92. The Labute approximate surface area is 253 Å². The number of hydrogen-bond acceptors (Lipinski definition) is 8. The average molecular weight is 601 g/mol. The van der Waals surface area contributed by atoms with Crippen molar-refractivity contribution >= 4 is 40.3 Å². The van der Waals surface area contributed by atoms with Crippen LogP contribution >= 0.6 is 0 Å². The highest BCUT2D eigenvalue weighted by Crippen LogP contribution is 2.31. The quantitative estimate of drug-likeness (QED) is 0.0794. The van der Waals surface area contributed by atoms with E-state index in [1.807, 2.05) is 18.2 Å². The number of nitrogens with one attached hydrogen (secondary N) is 3. The van der Waals surface area contributed by atoms with Crippen LogP contribution in [-0.4, -0.2) is 72.2 Å². The summed E-state index contributed by atoms with van der Waals surface area (Å²) in [5.41, 5.74) is 19.0. The maximum absolute atomic E-state index is 12.4. The number of anilines is 1. The molecule has 0 saturated carbocycles. The van der Waals surface area contributed by atoms with Crippen molar-refractivity contribution in [3.05, 3.63) is 30.0 Å². The van der Waals surface area contributed by atoms with Crippen molar-refractivity contribution < 1.29 is 24.2 Å². The fourth-order valence-corrected chi connectivity index (χ4v) is 4.38. The second-order valence-corrected chi connectivity index (χ2v) is 11.7. The Bertz CT molecular complexity index is 1270. The van der Waals surface area contributed by atoms with Gasteiger partial charge >= 0.3 is 5.97 Å². The molecule has 1 unspecified atom stereocenters. The van der Waals surface area contributed by atoms with Gasteiger partial charge in [0.05, 0.1) is 24.4 Å². The van der Waals surface area contributed by atoms with Gasteiger partial charge in [-0.25, -0.2) is 4.79 Å². The third kappa shape index (κ3) is 11.9. The number of carbonyl (C=O) groups excluding carboxylic acids is 2. The van der Waals surface area contributed by atoms with Gasteiger partial charge < -0.3 is 43.0 Å². The molecule has 13 heteroatoms. The zero-order chi connectivity index (χ0) is 32.2. The van der Waals surface area contributed by atoms with Crippen LogP contribution in [0.2, 0.25) is 0 Å². The minimum absolute atomic E-state index is 0.0531. The van der Waals surface area contributed by atoms with Crippen molar-refractivity contribution in [1.82, 2.24) is 15.6 Å². The molecular weight excluding hydrogens is 552 g/mol. The SMILES string of the molecule is COc1cc(NC(C)CCCNC(=O)CC[C@H](NC(=O)[C@H](N)CCCN=C(N)N)C(=O)O)c2nc(C(C)(C)C)ccc2c1. The molecule has 0 aliphatic heterocycles. The van der Waals surface area contributed by atoms with Crippen molar-refractivity contribution in [3.8, 4) is 5.75 Å². The number of amides is 2. The molecule has 0 aliphatic carbocycles. The topological polar surface area (TPSA) is 220 Å². The van der Waals surface area contributed by atoms with E-state index >= 15 is 0 Å². The minimum Gasteiger partial charge on any atom is -0.497 e. The van der Waals surface area contributed by atoms with Gasteiger partial charge in [0.15, 0.2) is 5.96 Å². The number of aliphatic carboxylic acids is 1. The summed E-state index contributed by atoms with van der Waals surface area (Å²) in [4.78, 5) is 45.0. The fourth-order valence-electron chi connectivity index (χ4n) is 4.38. The smallest absolute Gasteiger partial charge is 0.326 e. The Hall–Kier alpha value is -4.13. The molecule has 238 valence electrons. The highest BCUT2D eigenvalue weighted by atomic mass is 16.5. The summed E-state index contributed by atoms with van der Waals surface area (Å²) in [6, 6.07) is 5.95. The summed E-state index contributed by atoms with van der Waals surface area (Å²) in [6.45, 7) is 9.19. The van der Waals surface area contributed by atoms with E-state index in [4.69, 9.17) is 26.9 Å². The van der Waals surface area contributed by atoms with Gasteiger partial charge in [0.1, 0.15) is 11.8 Å². The van der Waals surface area contributed by atoms with Crippen molar-refractivity contribution in [2.75, 3.05) is 25.5 Å². The molecule has 1 heterocycles. The van der Waals surface area contributed by atoms with Crippen LogP contribution in [0, 0.1) is 0 Å². The van der Waals surface area contributed by atoms with Crippen molar-refractivity contribution in [1.29, 1.82) is 0 Å². The molecule has 2 amide bonds. The lowest BCUT2D eigenvalue weighted by atomic mass is 9.91. The standard InChI is InChI=1S/C30H48N8O5/c1-18(36-23-17-20(43-5)16-19-10-12-24(30(2,3)4)38-26(19)23)8-6-14-34-25(39)13-11-22(28(41)42)37-27(40)21(31)9-7-15-35-29(32)33/h10,12,16-18,21-22,36H,6-9,11,13-15,31H2,1-5H3,(H,34,39)(H,37,40)(H,41,42)(H4,32,33,35)/t18?,21-,22+/m1/s1. The van der Waals surface area contributed by atoms with E-state index in [2.05, 4.69) is 54.7 Å². The van der Waals surface area contributed by atoms with Crippen LogP contribution in [-0.2, 0) is 19.8 Å². The summed E-state index contributed by atoms with van der Waals surface area (Å²) in [5, 5.41) is 19.2. The van der Waals surface area contributed by atoms with Crippen LogP contribution < -0.4 is 37.9 Å². The summed E-state index contributed by atoms with van der Waals surface area (Å²) in [7, 11) is 1.63. The van der Waals surface area contributed by atoms with Crippen LogP contribution in [0.3, 0.4) is 0 Å². The second-order valence-electron chi connectivity index (χ2n) is 11.7. The van der Waals surface area contributed by atoms with E-state index in [0.717, 1.165) is 34.5 Å². The Kier molecular flexibility index (Phi) is 13.5. The van der Waals surface area contributed by atoms with Crippen molar-refractivity contribution in [3.63, 3.8) is 0 Å². The molecule has 10 N–H and O–H groups in total. The number of carboxylic acid groups (broad SMARTS) is 1. The van der Waals surface area contributed by atoms with Gasteiger partial charge in [0, 0.05) is 48.1 Å². The number of pyridine rings is 1. The van der Waals surface area contributed by atoms with E-state index in [-0.39, 0.29) is 42.6 Å². The molecule has 2 aromatic rings. The van der Waals surface area contributed by atoms with Gasteiger partial charge in [0.25, 0.3) is 0 Å². The zero-order valence-corrected chi connectivity index (χ0v) is 25.9. The number of hydrogen-bond donors (Lipinski definition) is 7. The molecule has 0 aliphatic rings. The lowest BCUT2D eigenvalue weighted by Gasteiger charge is -2.21. The number of carbonyl (C=O) groups is 3. The van der Waals surface area contributed by atoms with Gasteiger partial charge in [0.2, 0.25) is 11.8 Å². The van der Waals surface area contributed by atoms with Crippen LogP contribution in [0.4, 0.5) is 5.69 Å². The van der Waals surface area contributed by atoms with E-state index in [0.29, 0.717) is 25.9 Å². The van der Waals surface area contributed by atoms with Crippen molar-refractivity contribution in [2.24, 2.45) is 22.2 Å². The molecule has 1 aromatic carbocycles. The largest absolute Gasteiger partial charge is 0.497 e. The number of carboxylic acids is 1. The number of methoxy groups -OCH3 is 1. The lowest BCUT2D eigenvalue weighted by molar-refractivity contribution is -0.142. The van der Waals surface area contributed by atoms with Gasteiger partial charge in [-0.05, 0) is 51.2 Å². The van der Waals surface area contributed by atoms with Crippen LogP contribution in [0.25, 0.3) is 10.9 Å². The average Bonchev–Trinajstić information content (AvgIpc) is 2.94. The number of benzene rings is 1. The predicted molar refractivity (Wildman–Crippen MR) is 169 cm³/mol. The molecule has 0 bridgehead atoms. The molecule has 0 fully saturated rings. The predicted octanol–water partition coefficient (Wildman–Crippen LogP) is 1.97. The first-order valence-electron chi connectivity index (χ1n) is 14.6. The number of fused-ring (bicyclic) bond motifs is 1. The molecule has 1 aromatic heterocycles. The third-order valence-corrected chi connectivity index (χ3v) is 6.89. The molecular formula is C30H48N8O5. The highest BCUT2D eigenvalue weighted by Gasteiger charge is 2.24. The Balaban J connectivity index is 1.82. The second kappa shape index (κ2) is 16.5. The van der Waals surface area contributed by atoms with Gasteiger partial charge in [-0.15, -0.1) is 0 Å². The molecule has 13 nitrogen and oxygen atoms in total. The monoisotopic (exact) mass is 600 g/mol. The minimum atomic E-state index is -1.23. The zero-order valence-electron chi connectivity index (χ0n) is 25.9. The van der Waals surface area contributed by atoms with Crippen LogP contribution in [0.15, 0.2) is 29.3 Å². The Morgan fingerprint density at radius 3 is 2.44 bits per heavy atom. The van der Waals surface area contributed by atoms with Gasteiger partial charge in [-0.2, -0.15) is 0 Å². The fraction of sp³-hybridized carbons (Fsp3) is 0.567. The van der Waals surface area contributed by atoms with E-state index in [1.54, 1.807) is 7.11 Å². The number of nitrogens with two attached hydrogens (primary N) is 3. The number of aliphatic imine (C=N–C) groups is 1. The van der Waals surface area contributed by atoms with Crippen molar-refractivity contribution in [2.45, 2.75) is 89.8 Å². The Morgan fingerprint density at radius 1 is 1.09 bits per heavy atom. The number of nitrogens with zero attached hydrogens (tertiary/aromatic N) is 2. The van der Waals surface area contributed by atoms with Crippen LogP contribution in [0.1, 0.15) is 71.9 Å². The van der Waals surface area contributed by atoms with Gasteiger partial charge in [-0.3, -0.25) is 19.6 Å². The maximum atomic E-state index is 12.4. The summed E-state index contributed by atoms with van der Waals surface area (Å²) < 4.78 is 5.49. The van der Waals surface area contributed by atoms with E-state index < -0.39 is 24.0 Å². The maximum Gasteiger partial charge on any atom is 0.326 e. The molecule has 0 saturated heterocycles. The third-order valence-electron chi connectivity index (χ3n) is 6.89. The molecule has 0 radical (unpaired) electrons. The molecule has 3 atom stereocenters. The summed E-state index contributed by atoms with van der Waals surface area (Å²) in [6.07, 6.45) is 2.11. The normalized spacial score (nSPS) is 13.4. The van der Waals surface area contributed by atoms with E-state index in [9.17, 15) is 19.5 Å².